The van der Waals surface area contributed by atoms with Crippen LogP contribution in [0.1, 0.15) is 18.1 Å². The summed E-state index contributed by atoms with van der Waals surface area (Å²) in [6, 6.07) is 12.1. The minimum atomic E-state index is 0.679. The molecule has 2 aromatic rings. The van der Waals surface area contributed by atoms with Crippen molar-refractivity contribution in [2.75, 3.05) is 11.4 Å². The van der Waals surface area contributed by atoms with Crippen molar-refractivity contribution in [3.8, 4) is 6.07 Å². The van der Waals surface area contributed by atoms with E-state index in [4.69, 9.17) is 0 Å². The van der Waals surface area contributed by atoms with Crippen LogP contribution in [0, 0.1) is 11.3 Å². The van der Waals surface area contributed by atoms with Crippen LogP contribution in [0.3, 0.4) is 0 Å². The highest BCUT2D eigenvalue weighted by molar-refractivity contribution is 9.10. The molecule has 0 amide bonds. The van der Waals surface area contributed by atoms with Gasteiger partial charge in [-0.3, -0.25) is 4.98 Å². The average molecular weight is 316 g/mol. The number of nitriles is 1. The fourth-order valence-electron chi connectivity index (χ4n) is 1.96. The highest BCUT2D eigenvalue weighted by Crippen LogP contribution is 2.28. The third kappa shape index (κ3) is 3.12. The number of benzene rings is 1. The molecule has 96 valence electrons. The largest absolute Gasteiger partial charge is 0.366 e. The van der Waals surface area contributed by atoms with Crippen LogP contribution in [0.2, 0.25) is 0 Å². The summed E-state index contributed by atoms with van der Waals surface area (Å²) >= 11 is 3.43. The van der Waals surface area contributed by atoms with Gasteiger partial charge in [0.1, 0.15) is 6.07 Å². The van der Waals surface area contributed by atoms with Gasteiger partial charge in [0.05, 0.1) is 11.3 Å². The van der Waals surface area contributed by atoms with E-state index in [9.17, 15) is 5.26 Å². The van der Waals surface area contributed by atoms with E-state index < -0.39 is 0 Å². The summed E-state index contributed by atoms with van der Waals surface area (Å²) in [6.07, 6.45) is 3.57. The summed E-state index contributed by atoms with van der Waals surface area (Å²) in [5.41, 5.74) is 2.82. The van der Waals surface area contributed by atoms with Gasteiger partial charge in [-0.15, -0.1) is 0 Å². The van der Waals surface area contributed by atoms with Gasteiger partial charge in [0.15, 0.2) is 0 Å². The van der Waals surface area contributed by atoms with Crippen molar-refractivity contribution in [2.45, 2.75) is 13.5 Å². The van der Waals surface area contributed by atoms with Crippen molar-refractivity contribution in [3.05, 3.63) is 58.3 Å². The first-order chi connectivity index (χ1) is 9.26. The van der Waals surface area contributed by atoms with Crippen molar-refractivity contribution in [3.63, 3.8) is 0 Å². The number of halogens is 1. The number of nitrogens with zero attached hydrogens (tertiary/aromatic N) is 3. The standard InChI is InChI=1S/C15H14BrN3/c1-2-19(11-12-6-8-18-9-7-12)15-5-3-4-14(16)13(15)10-17/h3-9H,2,11H2,1H3. The molecule has 0 N–H and O–H groups in total. The summed E-state index contributed by atoms with van der Waals surface area (Å²) < 4.78 is 0.834. The monoisotopic (exact) mass is 315 g/mol. The molecule has 0 aliphatic carbocycles. The molecule has 1 heterocycles. The Labute approximate surface area is 121 Å². The van der Waals surface area contributed by atoms with Crippen molar-refractivity contribution in [1.82, 2.24) is 4.98 Å². The van der Waals surface area contributed by atoms with E-state index in [2.05, 4.69) is 38.8 Å². The van der Waals surface area contributed by atoms with Crippen LogP contribution in [0.15, 0.2) is 47.2 Å². The number of anilines is 1. The predicted octanol–water partition coefficient (Wildman–Crippen LogP) is 3.74. The molecule has 0 aliphatic heterocycles. The van der Waals surface area contributed by atoms with E-state index in [0.717, 1.165) is 23.2 Å². The Morgan fingerprint density at radius 2 is 2.00 bits per heavy atom. The van der Waals surface area contributed by atoms with Crippen molar-refractivity contribution < 1.29 is 0 Å². The SMILES string of the molecule is CCN(Cc1ccncc1)c1cccc(Br)c1C#N. The van der Waals surface area contributed by atoms with E-state index in [0.29, 0.717) is 5.56 Å². The lowest BCUT2D eigenvalue weighted by Crippen LogP contribution is -2.23. The Morgan fingerprint density at radius 1 is 1.26 bits per heavy atom. The van der Waals surface area contributed by atoms with Crippen LogP contribution in [0.4, 0.5) is 5.69 Å². The van der Waals surface area contributed by atoms with Gasteiger partial charge >= 0.3 is 0 Å². The summed E-state index contributed by atoms with van der Waals surface area (Å²) in [6.45, 7) is 3.70. The van der Waals surface area contributed by atoms with Gasteiger partial charge in [0.2, 0.25) is 0 Å². The highest BCUT2D eigenvalue weighted by Gasteiger charge is 2.12. The molecule has 0 saturated heterocycles. The van der Waals surface area contributed by atoms with Crippen LogP contribution in [0.25, 0.3) is 0 Å². The normalized spacial score (nSPS) is 9.95. The highest BCUT2D eigenvalue weighted by atomic mass is 79.9. The van der Waals surface area contributed by atoms with Crippen molar-refractivity contribution >= 4 is 21.6 Å². The molecule has 0 bridgehead atoms. The number of hydrogen-bond acceptors (Lipinski definition) is 3. The summed E-state index contributed by atoms with van der Waals surface area (Å²) in [4.78, 5) is 6.20. The molecule has 0 radical (unpaired) electrons. The average Bonchev–Trinajstić information content (AvgIpc) is 2.45. The number of aromatic nitrogens is 1. The maximum Gasteiger partial charge on any atom is 0.103 e. The number of pyridine rings is 1. The number of rotatable bonds is 4. The van der Waals surface area contributed by atoms with E-state index in [1.807, 2.05) is 30.3 Å². The van der Waals surface area contributed by atoms with Crippen LogP contribution < -0.4 is 4.90 Å². The second kappa shape index (κ2) is 6.35. The first-order valence-electron chi connectivity index (χ1n) is 6.08. The summed E-state index contributed by atoms with van der Waals surface area (Å²) in [7, 11) is 0. The lowest BCUT2D eigenvalue weighted by Gasteiger charge is -2.24. The third-order valence-electron chi connectivity index (χ3n) is 2.95. The Balaban J connectivity index is 2.33. The molecule has 0 saturated carbocycles. The Hall–Kier alpha value is -1.86. The molecule has 3 nitrogen and oxygen atoms in total. The van der Waals surface area contributed by atoms with Crippen molar-refractivity contribution in [2.24, 2.45) is 0 Å². The zero-order chi connectivity index (χ0) is 13.7. The molecule has 19 heavy (non-hydrogen) atoms. The lowest BCUT2D eigenvalue weighted by molar-refractivity contribution is 0.828. The van der Waals surface area contributed by atoms with Crippen LogP contribution in [-0.4, -0.2) is 11.5 Å². The van der Waals surface area contributed by atoms with Gasteiger partial charge in [-0.1, -0.05) is 6.07 Å². The van der Waals surface area contributed by atoms with Crippen LogP contribution in [-0.2, 0) is 6.54 Å². The summed E-state index contributed by atoms with van der Waals surface area (Å²) in [5, 5.41) is 9.29. The maximum absolute atomic E-state index is 9.29. The van der Waals surface area contributed by atoms with Gasteiger partial charge in [-0.2, -0.15) is 5.26 Å². The molecule has 0 spiro atoms. The third-order valence-corrected chi connectivity index (χ3v) is 3.61. The second-order valence-electron chi connectivity index (χ2n) is 4.12. The maximum atomic E-state index is 9.29. The molecule has 1 aromatic carbocycles. The molecule has 0 unspecified atom stereocenters. The molecule has 1 aromatic heterocycles. The Bertz CT molecular complexity index is 590. The topological polar surface area (TPSA) is 39.9 Å². The van der Waals surface area contributed by atoms with E-state index in [1.165, 1.54) is 5.56 Å². The fraction of sp³-hybridized carbons (Fsp3) is 0.200. The minimum absolute atomic E-state index is 0.679. The Morgan fingerprint density at radius 3 is 2.63 bits per heavy atom. The first kappa shape index (κ1) is 13.6. The van der Waals surface area contributed by atoms with Gasteiger partial charge in [0.25, 0.3) is 0 Å². The predicted molar refractivity (Wildman–Crippen MR) is 79.8 cm³/mol. The number of hydrogen-bond donors (Lipinski definition) is 0. The quantitative estimate of drug-likeness (QED) is 0.862. The Kier molecular flexibility index (Phi) is 4.53. The molecule has 2 rings (SSSR count). The van der Waals surface area contributed by atoms with Gasteiger partial charge < -0.3 is 4.90 Å². The van der Waals surface area contributed by atoms with Gasteiger partial charge in [0, 0.05) is 30.0 Å². The molecular formula is C15H14BrN3. The molecule has 0 fully saturated rings. The fourth-order valence-corrected chi connectivity index (χ4v) is 2.41. The molecule has 0 atom stereocenters. The molecule has 4 heteroatoms. The lowest BCUT2D eigenvalue weighted by atomic mass is 10.1. The summed E-state index contributed by atoms with van der Waals surface area (Å²) in [5.74, 6) is 0. The van der Waals surface area contributed by atoms with Crippen molar-refractivity contribution in [1.29, 1.82) is 5.26 Å². The van der Waals surface area contributed by atoms with E-state index in [-0.39, 0.29) is 0 Å². The van der Waals surface area contributed by atoms with Gasteiger partial charge in [-0.25, -0.2) is 0 Å². The van der Waals surface area contributed by atoms with Crippen LogP contribution >= 0.6 is 15.9 Å². The zero-order valence-electron chi connectivity index (χ0n) is 10.7. The van der Waals surface area contributed by atoms with Crippen LogP contribution in [0.5, 0.6) is 0 Å². The van der Waals surface area contributed by atoms with E-state index in [1.54, 1.807) is 12.4 Å². The smallest absolute Gasteiger partial charge is 0.103 e. The second-order valence-corrected chi connectivity index (χ2v) is 4.97. The minimum Gasteiger partial charge on any atom is -0.366 e. The zero-order valence-corrected chi connectivity index (χ0v) is 12.3. The molecular weight excluding hydrogens is 302 g/mol. The van der Waals surface area contributed by atoms with Gasteiger partial charge in [-0.05, 0) is 52.7 Å². The van der Waals surface area contributed by atoms with E-state index >= 15 is 0 Å². The first-order valence-corrected chi connectivity index (χ1v) is 6.88. The molecule has 0 aliphatic rings.